The number of nitrogens with zero attached hydrogens (tertiary/aromatic N) is 4. The Labute approximate surface area is 104 Å². The summed E-state index contributed by atoms with van der Waals surface area (Å²) in [6.07, 6.45) is 5.86. The summed E-state index contributed by atoms with van der Waals surface area (Å²) in [5, 5.41) is 10.3. The van der Waals surface area contributed by atoms with Crippen LogP contribution in [0, 0.1) is 12.3 Å². The van der Waals surface area contributed by atoms with Crippen LogP contribution in [-0.2, 0) is 6.54 Å². The van der Waals surface area contributed by atoms with Crippen molar-refractivity contribution in [2.45, 2.75) is 13.5 Å². The lowest BCUT2D eigenvalue weighted by Crippen LogP contribution is -2.09. The van der Waals surface area contributed by atoms with Gasteiger partial charge in [-0.15, -0.1) is 0 Å². The second-order valence-electron chi connectivity index (χ2n) is 3.67. The number of hydrogen-bond donors (Lipinski definition) is 3. The van der Waals surface area contributed by atoms with E-state index in [9.17, 15) is 0 Å². The lowest BCUT2D eigenvalue weighted by molar-refractivity contribution is 0.972. The van der Waals surface area contributed by atoms with Crippen LogP contribution < -0.4 is 11.1 Å². The molecule has 0 amide bonds. The molecule has 0 aliphatic heterocycles. The van der Waals surface area contributed by atoms with Gasteiger partial charge in [0.2, 0.25) is 0 Å². The molecule has 2 rings (SSSR count). The highest BCUT2D eigenvalue weighted by atomic mass is 15.0. The van der Waals surface area contributed by atoms with Gasteiger partial charge in [0.05, 0.1) is 29.7 Å². The highest BCUT2D eigenvalue weighted by Crippen LogP contribution is 2.14. The van der Waals surface area contributed by atoms with E-state index in [1.54, 1.807) is 12.4 Å². The maximum Gasteiger partial charge on any atom is 0.140 e. The minimum Gasteiger partial charge on any atom is -0.383 e. The third-order valence-electron chi connectivity index (χ3n) is 2.33. The van der Waals surface area contributed by atoms with Gasteiger partial charge < -0.3 is 16.5 Å². The summed E-state index contributed by atoms with van der Waals surface area (Å²) in [6, 6.07) is 0. The fraction of sp³-hybridized carbons (Fsp3) is 0.182. The van der Waals surface area contributed by atoms with E-state index in [2.05, 4.69) is 25.3 Å². The molecule has 7 nitrogen and oxygen atoms in total. The molecule has 0 atom stereocenters. The van der Waals surface area contributed by atoms with Crippen LogP contribution in [0.25, 0.3) is 0 Å². The third-order valence-corrected chi connectivity index (χ3v) is 2.33. The summed E-state index contributed by atoms with van der Waals surface area (Å²) < 4.78 is 0. The largest absolute Gasteiger partial charge is 0.383 e. The minimum atomic E-state index is 0.275. The van der Waals surface area contributed by atoms with Crippen molar-refractivity contribution >= 4 is 17.9 Å². The van der Waals surface area contributed by atoms with Crippen molar-refractivity contribution in [2.24, 2.45) is 0 Å². The molecule has 0 aliphatic carbocycles. The van der Waals surface area contributed by atoms with Crippen LogP contribution in [0.2, 0.25) is 0 Å². The fourth-order valence-corrected chi connectivity index (χ4v) is 1.38. The van der Waals surface area contributed by atoms with E-state index in [4.69, 9.17) is 11.1 Å². The van der Waals surface area contributed by atoms with E-state index < -0.39 is 0 Å². The number of anilines is 2. The van der Waals surface area contributed by atoms with Crippen LogP contribution in [0.15, 0.2) is 18.7 Å². The zero-order valence-electron chi connectivity index (χ0n) is 9.88. The quantitative estimate of drug-likeness (QED) is 0.683. The molecule has 2 aromatic rings. The maximum absolute atomic E-state index is 7.28. The molecule has 92 valence electrons. The predicted octanol–water partition coefficient (Wildman–Crippen LogP) is 0.767. The second-order valence-corrected chi connectivity index (χ2v) is 3.67. The van der Waals surface area contributed by atoms with Gasteiger partial charge in [-0.25, -0.2) is 9.97 Å². The molecule has 0 bridgehead atoms. The summed E-state index contributed by atoms with van der Waals surface area (Å²) in [4.78, 5) is 16.2. The first-order chi connectivity index (χ1) is 8.70. The van der Waals surface area contributed by atoms with E-state index in [1.807, 2.05) is 6.92 Å². The lowest BCUT2D eigenvalue weighted by atomic mass is 10.3. The lowest BCUT2D eigenvalue weighted by Gasteiger charge is -2.08. The number of rotatable bonds is 4. The summed E-state index contributed by atoms with van der Waals surface area (Å²) >= 11 is 0. The van der Waals surface area contributed by atoms with Gasteiger partial charge in [0.1, 0.15) is 18.0 Å². The number of aromatic nitrogens is 4. The number of nitrogen functional groups attached to an aromatic ring is 1. The van der Waals surface area contributed by atoms with E-state index >= 15 is 0 Å². The fourth-order valence-electron chi connectivity index (χ4n) is 1.38. The summed E-state index contributed by atoms with van der Waals surface area (Å²) in [6.45, 7) is 2.34. The van der Waals surface area contributed by atoms with Crippen molar-refractivity contribution in [3.8, 4) is 0 Å². The molecule has 0 fully saturated rings. The zero-order chi connectivity index (χ0) is 13.0. The minimum absolute atomic E-state index is 0.275. The monoisotopic (exact) mass is 243 g/mol. The summed E-state index contributed by atoms with van der Waals surface area (Å²) in [5.41, 5.74) is 7.77. The van der Waals surface area contributed by atoms with Gasteiger partial charge in [-0.05, 0) is 6.92 Å². The van der Waals surface area contributed by atoms with E-state index in [0.717, 1.165) is 17.6 Å². The molecule has 0 saturated carbocycles. The highest BCUT2D eigenvalue weighted by molar-refractivity contribution is 5.89. The first-order valence-corrected chi connectivity index (χ1v) is 5.33. The van der Waals surface area contributed by atoms with Gasteiger partial charge in [0.25, 0.3) is 0 Å². The van der Waals surface area contributed by atoms with E-state index in [1.165, 1.54) is 6.33 Å². The molecule has 7 heteroatoms. The number of aryl methyl sites for hydroxylation is 1. The van der Waals surface area contributed by atoms with Crippen molar-refractivity contribution in [3.63, 3.8) is 0 Å². The molecule has 0 aliphatic rings. The first-order valence-electron chi connectivity index (χ1n) is 5.33. The Bertz CT molecular complexity index is 550. The van der Waals surface area contributed by atoms with Crippen LogP contribution in [0.4, 0.5) is 11.6 Å². The molecule has 0 spiro atoms. The molecule has 4 N–H and O–H groups in total. The summed E-state index contributed by atoms with van der Waals surface area (Å²) in [5.74, 6) is 0.789. The standard InChI is InChI=1S/C11H13N7/c1-7-3-15-8(4-14-7)5-16-11-9(2-12)10(13)17-6-18-11/h2-4,6,12H,5H2,1H3,(H3,13,16,17,18). The average Bonchev–Trinajstić information content (AvgIpc) is 2.38. The van der Waals surface area contributed by atoms with Crippen LogP contribution in [-0.4, -0.2) is 26.2 Å². The average molecular weight is 243 g/mol. The molecule has 0 radical (unpaired) electrons. The zero-order valence-corrected chi connectivity index (χ0v) is 9.88. The molecule has 2 heterocycles. The van der Waals surface area contributed by atoms with Crippen molar-refractivity contribution in [2.75, 3.05) is 11.1 Å². The Balaban J connectivity index is 2.13. The predicted molar refractivity (Wildman–Crippen MR) is 68.4 cm³/mol. The third kappa shape index (κ3) is 2.57. The van der Waals surface area contributed by atoms with Gasteiger partial charge >= 0.3 is 0 Å². The van der Waals surface area contributed by atoms with Crippen LogP contribution in [0.1, 0.15) is 17.0 Å². The molecule has 2 aromatic heterocycles. The normalized spacial score (nSPS) is 10.1. The van der Waals surface area contributed by atoms with Crippen molar-refractivity contribution < 1.29 is 0 Å². The smallest absolute Gasteiger partial charge is 0.140 e. The number of nitrogens with one attached hydrogen (secondary N) is 2. The van der Waals surface area contributed by atoms with Crippen molar-refractivity contribution in [3.05, 3.63) is 35.7 Å². The highest BCUT2D eigenvalue weighted by Gasteiger charge is 2.06. The molecule has 0 aromatic carbocycles. The molecular weight excluding hydrogens is 230 g/mol. The van der Waals surface area contributed by atoms with Crippen LogP contribution in [0.5, 0.6) is 0 Å². The van der Waals surface area contributed by atoms with Gasteiger partial charge in [0, 0.05) is 12.4 Å². The number of nitrogens with two attached hydrogens (primary N) is 1. The number of hydrogen-bond acceptors (Lipinski definition) is 7. The van der Waals surface area contributed by atoms with Crippen LogP contribution >= 0.6 is 0 Å². The summed E-state index contributed by atoms with van der Waals surface area (Å²) in [7, 11) is 0. The molecular formula is C11H13N7. The molecule has 0 unspecified atom stereocenters. The molecule has 0 saturated heterocycles. The SMILES string of the molecule is Cc1cnc(CNc2ncnc(N)c2C=N)cn1. The Morgan fingerprint density at radius 2 is 2.11 bits per heavy atom. The Morgan fingerprint density at radius 1 is 1.28 bits per heavy atom. The first kappa shape index (κ1) is 11.9. The van der Waals surface area contributed by atoms with Crippen LogP contribution in [0.3, 0.4) is 0 Å². The van der Waals surface area contributed by atoms with E-state index in [-0.39, 0.29) is 5.82 Å². The van der Waals surface area contributed by atoms with Crippen molar-refractivity contribution in [1.82, 2.24) is 19.9 Å². The van der Waals surface area contributed by atoms with Gasteiger partial charge in [-0.1, -0.05) is 0 Å². The van der Waals surface area contributed by atoms with Crippen molar-refractivity contribution in [1.29, 1.82) is 5.41 Å². The Morgan fingerprint density at radius 3 is 2.78 bits per heavy atom. The van der Waals surface area contributed by atoms with Gasteiger partial charge in [-0.3, -0.25) is 9.97 Å². The van der Waals surface area contributed by atoms with Gasteiger partial charge in [0.15, 0.2) is 0 Å². The van der Waals surface area contributed by atoms with E-state index in [0.29, 0.717) is 17.9 Å². The van der Waals surface area contributed by atoms with Gasteiger partial charge in [-0.2, -0.15) is 0 Å². The Kier molecular flexibility index (Phi) is 3.42. The molecule has 18 heavy (non-hydrogen) atoms. The second kappa shape index (κ2) is 5.17. The Hall–Kier alpha value is -2.57. The topological polar surface area (TPSA) is 113 Å². The maximum atomic E-state index is 7.28.